The van der Waals surface area contributed by atoms with E-state index in [1.54, 1.807) is 18.6 Å². The minimum absolute atomic E-state index is 0. The Hall–Kier alpha value is -1.63. The van der Waals surface area contributed by atoms with Gasteiger partial charge in [0.25, 0.3) is 6.43 Å². The van der Waals surface area contributed by atoms with E-state index in [0.717, 1.165) is 24.2 Å². The van der Waals surface area contributed by atoms with Gasteiger partial charge in [0.05, 0.1) is 18.1 Å². The van der Waals surface area contributed by atoms with Gasteiger partial charge < -0.3 is 5.32 Å². The lowest BCUT2D eigenvalue weighted by Gasteiger charge is -2.01. The monoisotopic (exact) mass is 305 g/mol. The van der Waals surface area contributed by atoms with Crippen LogP contribution >= 0.6 is 12.4 Å². The molecule has 0 bridgehead atoms. The number of hydrogen-bond acceptors (Lipinski definition) is 3. The van der Waals surface area contributed by atoms with Crippen molar-refractivity contribution in [3.05, 3.63) is 30.4 Å². The van der Waals surface area contributed by atoms with Gasteiger partial charge in [-0.1, -0.05) is 6.92 Å². The summed E-state index contributed by atoms with van der Waals surface area (Å²) in [5.74, 6) is 0. The molecule has 2 heterocycles. The predicted octanol–water partition coefficient (Wildman–Crippen LogP) is 2.79. The Labute approximate surface area is 122 Å². The summed E-state index contributed by atoms with van der Waals surface area (Å²) in [6.07, 6.45) is 5.53. The molecule has 0 atom stereocenters. The molecule has 0 saturated carbocycles. The topological polar surface area (TPSA) is 47.7 Å². The van der Waals surface area contributed by atoms with Crippen LogP contribution in [0.3, 0.4) is 0 Å². The van der Waals surface area contributed by atoms with E-state index >= 15 is 0 Å². The van der Waals surface area contributed by atoms with E-state index < -0.39 is 6.43 Å². The van der Waals surface area contributed by atoms with Crippen molar-refractivity contribution in [3.63, 3.8) is 0 Å². The van der Waals surface area contributed by atoms with Crippen molar-refractivity contribution in [1.29, 1.82) is 0 Å². The summed E-state index contributed by atoms with van der Waals surface area (Å²) >= 11 is 0. The fourth-order valence-electron chi connectivity index (χ4n) is 1.75. The maximum Gasteiger partial charge on any atom is 0.257 e. The number of anilines is 1. The first-order valence-corrected chi connectivity index (χ1v) is 6.23. The van der Waals surface area contributed by atoms with Gasteiger partial charge >= 0.3 is 0 Å². The first-order chi connectivity index (χ1) is 9.17. The number of aromatic nitrogens is 4. The average Bonchev–Trinajstić information content (AvgIpc) is 2.96. The zero-order valence-corrected chi connectivity index (χ0v) is 12.0. The standard InChI is InChI=1S/C12H17F2N5.ClH/c1-2-3-18-8-11(6-17-18)15-4-10-5-16-19(7-10)9-12(13)14;/h5-8,12,15H,2-4,9H2,1H3;1H. The predicted molar refractivity (Wildman–Crippen MR) is 75.3 cm³/mol. The largest absolute Gasteiger partial charge is 0.378 e. The van der Waals surface area contributed by atoms with E-state index in [-0.39, 0.29) is 19.0 Å². The molecule has 0 unspecified atom stereocenters. The lowest BCUT2D eigenvalue weighted by atomic mass is 10.3. The molecule has 0 fully saturated rings. The number of hydrogen-bond donors (Lipinski definition) is 1. The highest BCUT2D eigenvalue weighted by molar-refractivity contribution is 5.85. The Bertz CT molecular complexity index is 511. The van der Waals surface area contributed by atoms with Crippen LogP contribution in [0.1, 0.15) is 18.9 Å². The lowest BCUT2D eigenvalue weighted by Crippen LogP contribution is -2.06. The highest BCUT2D eigenvalue weighted by atomic mass is 35.5. The lowest BCUT2D eigenvalue weighted by molar-refractivity contribution is 0.122. The number of rotatable bonds is 7. The Morgan fingerprint density at radius 3 is 2.65 bits per heavy atom. The van der Waals surface area contributed by atoms with Crippen molar-refractivity contribution < 1.29 is 8.78 Å². The molecule has 112 valence electrons. The molecule has 0 aromatic carbocycles. The number of nitrogens with one attached hydrogen (secondary N) is 1. The molecule has 5 nitrogen and oxygen atoms in total. The van der Waals surface area contributed by atoms with Gasteiger partial charge in [0.2, 0.25) is 0 Å². The maximum absolute atomic E-state index is 12.2. The van der Waals surface area contributed by atoms with Crippen molar-refractivity contribution in [3.8, 4) is 0 Å². The van der Waals surface area contributed by atoms with Gasteiger partial charge in [-0.25, -0.2) is 8.78 Å². The van der Waals surface area contributed by atoms with Gasteiger partial charge in [0.1, 0.15) is 6.54 Å². The molecule has 1 N–H and O–H groups in total. The molecule has 0 aliphatic heterocycles. The Morgan fingerprint density at radius 2 is 1.95 bits per heavy atom. The Balaban J connectivity index is 0.00000200. The Morgan fingerprint density at radius 1 is 1.20 bits per heavy atom. The van der Waals surface area contributed by atoms with E-state index in [0.29, 0.717) is 6.54 Å². The minimum Gasteiger partial charge on any atom is -0.378 e. The van der Waals surface area contributed by atoms with Gasteiger partial charge in [-0.2, -0.15) is 10.2 Å². The summed E-state index contributed by atoms with van der Waals surface area (Å²) in [6.45, 7) is 3.15. The zero-order valence-electron chi connectivity index (χ0n) is 11.2. The van der Waals surface area contributed by atoms with E-state index in [1.807, 2.05) is 10.9 Å². The van der Waals surface area contributed by atoms with Crippen LogP contribution in [-0.2, 0) is 19.6 Å². The molecule has 0 radical (unpaired) electrons. The zero-order chi connectivity index (χ0) is 13.7. The van der Waals surface area contributed by atoms with Gasteiger partial charge in [0, 0.05) is 31.0 Å². The summed E-state index contributed by atoms with van der Waals surface area (Å²) in [5, 5.41) is 11.3. The Kier molecular flexibility index (Phi) is 6.44. The van der Waals surface area contributed by atoms with Crippen LogP contribution in [0.4, 0.5) is 14.5 Å². The van der Waals surface area contributed by atoms with Crippen molar-refractivity contribution in [1.82, 2.24) is 19.6 Å². The second kappa shape index (κ2) is 7.84. The molecule has 20 heavy (non-hydrogen) atoms. The van der Waals surface area contributed by atoms with Crippen LogP contribution in [0.2, 0.25) is 0 Å². The second-order valence-electron chi connectivity index (χ2n) is 4.31. The quantitative estimate of drug-likeness (QED) is 0.855. The summed E-state index contributed by atoms with van der Waals surface area (Å²) < 4.78 is 27.5. The summed E-state index contributed by atoms with van der Waals surface area (Å²) in [5.41, 5.74) is 1.78. The minimum atomic E-state index is -2.38. The number of alkyl halides is 2. The average molecular weight is 306 g/mol. The molecule has 0 aliphatic rings. The highest BCUT2D eigenvalue weighted by Crippen LogP contribution is 2.08. The number of aryl methyl sites for hydroxylation is 1. The van der Waals surface area contributed by atoms with Crippen LogP contribution in [0.15, 0.2) is 24.8 Å². The van der Waals surface area contributed by atoms with Crippen LogP contribution in [0.5, 0.6) is 0 Å². The molecule has 0 amide bonds. The fraction of sp³-hybridized carbons (Fsp3) is 0.500. The van der Waals surface area contributed by atoms with E-state index in [1.165, 1.54) is 4.68 Å². The number of nitrogens with zero attached hydrogens (tertiary/aromatic N) is 4. The fourth-order valence-corrected chi connectivity index (χ4v) is 1.75. The van der Waals surface area contributed by atoms with Gasteiger partial charge in [-0.3, -0.25) is 9.36 Å². The molecule has 2 aromatic rings. The first kappa shape index (κ1) is 16.4. The highest BCUT2D eigenvalue weighted by Gasteiger charge is 2.06. The molecule has 2 aromatic heterocycles. The third-order valence-corrected chi connectivity index (χ3v) is 2.59. The smallest absolute Gasteiger partial charge is 0.257 e. The van der Waals surface area contributed by atoms with Crippen LogP contribution in [-0.4, -0.2) is 26.0 Å². The van der Waals surface area contributed by atoms with E-state index in [9.17, 15) is 8.78 Å². The summed E-state index contributed by atoms with van der Waals surface area (Å²) in [6, 6.07) is 0. The van der Waals surface area contributed by atoms with Crippen molar-refractivity contribution in [2.75, 3.05) is 5.32 Å². The molecule has 0 saturated heterocycles. The molecular weight excluding hydrogens is 288 g/mol. The van der Waals surface area contributed by atoms with Crippen molar-refractivity contribution in [2.45, 2.75) is 39.4 Å². The first-order valence-electron chi connectivity index (χ1n) is 6.23. The van der Waals surface area contributed by atoms with Crippen LogP contribution in [0, 0.1) is 0 Å². The van der Waals surface area contributed by atoms with E-state index in [2.05, 4.69) is 22.4 Å². The summed E-state index contributed by atoms with van der Waals surface area (Å²) in [7, 11) is 0. The molecule has 8 heteroatoms. The number of halogens is 3. The maximum atomic E-state index is 12.2. The van der Waals surface area contributed by atoms with Gasteiger partial charge in [-0.05, 0) is 6.42 Å². The van der Waals surface area contributed by atoms with Gasteiger partial charge in [0.15, 0.2) is 0 Å². The van der Waals surface area contributed by atoms with Gasteiger partial charge in [-0.15, -0.1) is 12.4 Å². The van der Waals surface area contributed by atoms with E-state index in [4.69, 9.17) is 0 Å². The molecule has 2 rings (SSSR count). The SMILES string of the molecule is CCCn1cc(NCc2cnn(CC(F)F)c2)cn1.Cl. The van der Waals surface area contributed by atoms with Crippen LogP contribution < -0.4 is 5.32 Å². The molecule has 0 aliphatic carbocycles. The third-order valence-electron chi connectivity index (χ3n) is 2.59. The second-order valence-corrected chi connectivity index (χ2v) is 4.31. The molecular formula is C12H18ClF2N5. The normalized spacial score (nSPS) is 10.6. The molecule has 0 spiro atoms. The van der Waals surface area contributed by atoms with Crippen molar-refractivity contribution >= 4 is 18.1 Å². The summed E-state index contributed by atoms with van der Waals surface area (Å²) in [4.78, 5) is 0. The van der Waals surface area contributed by atoms with Crippen molar-refractivity contribution in [2.24, 2.45) is 0 Å². The van der Waals surface area contributed by atoms with Crippen LogP contribution in [0.25, 0.3) is 0 Å². The third kappa shape index (κ3) is 4.80.